The Hall–Kier alpha value is -2.80. The second kappa shape index (κ2) is 8.29. The standard InChI is InChI=1S/C22H28N4O3/c1-4-29-20-10-17(8-7-15(20)2)24-22(27)25-12-16-6-5-9-23-21(16)26-14-19(28-3)11-18(26)13-25/h5-10,18-19H,4,11-14H2,1-3H3,(H,24,27). The maximum atomic E-state index is 13.1. The van der Waals surface area contributed by atoms with Gasteiger partial charge in [-0.15, -0.1) is 0 Å². The fourth-order valence-corrected chi connectivity index (χ4v) is 4.16. The number of carbonyl (C=O) groups is 1. The lowest BCUT2D eigenvalue weighted by Gasteiger charge is -2.26. The molecule has 0 radical (unpaired) electrons. The monoisotopic (exact) mass is 396 g/mol. The molecule has 2 amide bonds. The van der Waals surface area contributed by atoms with Crippen molar-refractivity contribution in [3.8, 4) is 5.75 Å². The number of anilines is 2. The van der Waals surface area contributed by atoms with E-state index in [1.807, 2.05) is 55.3 Å². The van der Waals surface area contributed by atoms with E-state index in [0.29, 0.717) is 19.7 Å². The largest absolute Gasteiger partial charge is 0.494 e. The normalized spacial score (nSPS) is 20.7. The second-order valence-electron chi connectivity index (χ2n) is 7.61. The maximum absolute atomic E-state index is 13.1. The highest BCUT2D eigenvalue weighted by atomic mass is 16.5. The number of urea groups is 1. The van der Waals surface area contributed by atoms with Gasteiger partial charge in [0.25, 0.3) is 0 Å². The molecule has 0 spiro atoms. The first kappa shape index (κ1) is 19.5. The summed E-state index contributed by atoms with van der Waals surface area (Å²) in [5, 5.41) is 3.04. The van der Waals surface area contributed by atoms with Crippen molar-refractivity contribution < 1.29 is 14.3 Å². The lowest BCUT2D eigenvalue weighted by molar-refractivity contribution is 0.116. The number of fused-ring (bicyclic) bond motifs is 3. The molecular formula is C22H28N4O3. The van der Waals surface area contributed by atoms with Crippen LogP contribution in [0.2, 0.25) is 0 Å². The molecule has 1 N–H and O–H groups in total. The zero-order valence-electron chi connectivity index (χ0n) is 17.2. The molecule has 1 aromatic heterocycles. The lowest BCUT2D eigenvalue weighted by atomic mass is 10.2. The molecule has 1 aromatic carbocycles. The zero-order chi connectivity index (χ0) is 20.4. The van der Waals surface area contributed by atoms with E-state index in [4.69, 9.17) is 9.47 Å². The van der Waals surface area contributed by atoms with Crippen molar-refractivity contribution in [1.82, 2.24) is 9.88 Å². The Kier molecular flexibility index (Phi) is 5.58. The number of aryl methyl sites for hydroxylation is 1. The number of hydrogen-bond donors (Lipinski definition) is 1. The number of ether oxygens (including phenoxy) is 2. The van der Waals surface area contributed by atoms with Crippen LogP contribution in [-0.2, 0) is 11.3 Å². The first-order valence-corrected chi connectivity index (χ1v) is 10.1. The van der Waals surface area contributed by atoms with Gasteiger partial charge in [0.15, 0.2) is 0 Å². The van der Waals surface area contributed by atoms with Crippen LogP contribution in [0.25, 0.3) is 0 Å². The van der Waals surface area contributed by atoms with Gasteiger partial charge in [-0.05, 0) is 38.0 Å². The van der Waals surface area contributed by atoms with E-state index in [0.717, 1.165) is 41.3 Å². The fourth-order valence-electron chi connectivity index (χ4n) is 4.16. The number of nitrogens with zero attached hydrogens (tertiary/aromatic N) is 3. The molecule has 7 nitrogen and oxygen atoms in total. The number of benzene rings is 1. The third kappa shape index (κ3) is 4.00. The molecule has 2 aliphatic rings. The van der Waals surface area contributed by atoms with Crippen molar-refractivity contribution in [2.45, 2.75) is 39.0 Å². The highest BCUT2D eigenvalue weighted by molar-refractivity contribution is 5.90. The zero-order valence-corrected chi connectivity index (χ0v) is 17.2. The SMILES string of the molecule is CCOc1cc(NC(=O)N2Cc3cccnc3N3CC(OC)CC3C2)ccc1C. The number of nitrogens with one attached hydrogen (secondary N) is 1. The van der Waals surface area contributed by atoms with E-state index in [1.54, 1.807) is 7.11 Å². The van der Waals surface area contributed by atoms with Crippen molar-refractivity contribution in [2.24, 2.45) is 0 Å². The maximum Gasteiger partial charge on any atom is 0.322 e. The third-order valence-electron chi connectivity index (χ3n) is 5.67. The first-order chi connectivity index (χ1) is 14.1. The summed E-state index contributed by atoms with van der Waals surface area (Å²) in [6, 6.07) is 9.80. The quantitative estimate of drug-likeness (QED) is 0.858. The summed E-state index contributed by atoms with van der Waals surface area (Å²) in [7, 11) is 1.74. The Balaban J connectivity index is 1.56. The topological polar surface area (TPSA) is 66.9 Å². The molecule has 2 aromatic rings. The Morgan fingerprint density at radius 1 is 1.31 bits per heavy atom. The molecule has 1 saturated heterocycles. The molecule has 0 saturated carbocycles. The highest BCUT2D eigenvalue weighted by Gasteiger charge is 2.38. The first-order valence-electron chi connectivity index (χ1n) is 10.1. The van der Waals surface area contributed by atoms with E-state index in [9.17, 15) is 4.79 Å². The van der Waals surface area contributed by atoms with Gasteiger partial charge < -0.3 is 24.6 Å². The molecule has 1 fully saturated rings. The minimum absolute atomic E-state index is 0.117. The molecule has 2 aliphatic heterocycles. The Bertz CT molecular complexity index is 888. The van der Waals surface area contributed by atoms with E-state index in [2.05, 4.69) is 15.2 Å². The Morgan fingerprint density at radius 3 is 2.97 bits per heavy atom. The molecule has 2 atom stereocenters. The summed E-state index contributed by atoms with van der Waals surface area (Å²) in [4.78, 5) is 21.9. The molecule has 2 unspecified atom stereocenters. The Labute approximate surface area is 171 Å². The fraction of sp³-hybridized carbons (Fsp3) is 0.455. The molecule has 0 bridgehead atoms. The van der Waals surface area contributed by atoms with Crippen LogP contribution < -0.4 is 15.0 Å². The van der Waals surface area contributed by atoms with Gasteiger partial charge in [-0.1, -0.05) is 12.1 Å². The molecule has 7 heteroatoms. The van der Waals surface area contributed by atoms with Gasteiger partial charge in [0.05, 0.1) is 25.3 Å². The van der Waals surface area contributed by atoms with Crippen LogP contribution in [0.3, 0.4) is 0 Å². The molecule has 4 rings (SSSR count). The van der Waals surface area contributed by atoms with Crippen LogP contribution in [-0.4, -0.2) is 54.9 Å². The number of rotatable bonds is 4. The number of methoxy groups -OCH3 is 1. The summed E-state index contributed by atoms with van der Waals surface area (Å²) < 4.78 is 11.3. The lowest BCUT2D eigenvalue weighted by Crippen LogP contribution is -2.42. The van der Waals surface area contributed by atoms with Crippen LogP contribution in [0.1, 0.15) is 24.5 Å². The van der Waals surface area contributed by atoms with Gasteiger partial charge >= 0.3 is 6.03 Å². The molecule has 3 heterocycles. The van der Waals surface area contributed by atoms with Crippen LogP contribution in [0.15, 0.2) is 36.5 Å². The van der Waals surface area contributed by atoms with E-state index in [1.165, 1.54) is 0 Å². The molecule has 0 aliphatic carbocycles. The molecular weight excluding hydrogens is 368 g/mol. The van der Waals surface area contributed by atoms with Gasteiger partial charge in [-0.3, -0.25) is 0 Å². The van der Waals surface area contributed by atoms with Crippen molar-refractivity contribution in [3.63, 3.8) is 0 Å². The Morgan fingerprint density at radius 2 is 2.17 bits per heavy atom. The number of carbonyl (C=O) groups excluding carboxylic acids is 1. The summed E-state index contributed by atoms with van der Waals surface area (Å²) >= 11 is 0. The summed E-state index contributed by atoms with van der Waals surface area (Å²) in [6.07, 6.45) is 2.85. The van der Waals surface area contributed by atoms with E-state index in [-0.39, 0.29) is 18.2 Å². The van der Waals surface area contributed by atoms with E-state index < -0.39 is 0 Å². The number of aromatic nitrogens is 1. The number of amides is 2. The third-order valence-corrected chi connectivity index (χ3v) is 5.67. The summed E-state index contributed by atoms with van der Waals surface area (Å²) in [5.41, 5.74) is 2.84. The van der Waals surface area contributed by atoms with Crippen LogP contribution in [0, 0.1) is 6.92 Å². The average Bonchev–Trinajstić information content (AvgIpc) is 3.06. The van der Waals surface area contributed by atoms with Gasteiger partial charge in [0, 0.05) is 43.7 Å². The van der Waals surface area contributed by atoms with Crippen LogP contribution in [0.5, 0.6) is 5.75 Å². The smallest absolute Gasteiger partial charge is 0.322 e. The van der Waals surface area contributed by atoms with Crippen molar-refractivity contribution >= 4 is 17.5 Å². The van der Waals surface area contributed by atoms with Gasteiger partial charge in [0.2, 0.25) is 0 Å². The number of pyridine rings is 1. The van der Waals surface area contributed by atoms with Gasteiger partial charge in [-0.2, -0.15) is 0 Å². The summed E-state index contributed by atoms with van der Waals surface area (Å²) in [6.45, 7) is 6.50. The highest BCUT2D eigenvalue weighted by Crippen LogP contribution is 2.32. The second-order valence-corrected chi connectivity index (χ2v) is 7.61. The number of hydrogen-bond acceptors (Lipinski definition) is 5. The van der Waals surface area contributed by atoms with Crippen molar-refractivity contribution in [3.05, 3.63) is 47.7 Å². The van der Waals surface area contributed by atoms with Crippen LogP contribution >= 0.6 is 0 Å². The van der Waals surface area contributed by atoms with Gasteiger partial charge in [0.1, 0.15) is 11.6 Å². The van der Waals surface area contributed by atoms with Crippen molar-refractivity contribution in [2.75, 3.05) is 37.0 Å². The van der Waals surface area contributed by atoms with E-state index >= 15 is 0 Å². The van der Waals surface area contributed by atoms with Crippen molar-refractivity contribution in [1.29, 1.82) is 0 Å². The summed E-state index contributed by atoms with van der Waals surface area (Å²) in [5.74, 6) is 1.75. The predicted octanol–water partition coefficient (Wildman–Crippen LogP) is 3.43. The minimum Gasteiger partial charge on any atom is -0.494 e. The molecule has 154 valence electrons. The average molecular weight is 396 g/mol. The minimum atomic E-state index is -0.117. The van der Waals surface area contributed by atoms with Crippen LogP contribution in [0.4, 0.5) is 16.3 Å². The predicted molar refractivity (Wildman–Crippen MR) is 113 cm³/mol. The molecule has 29 heavy (non-hydrogen) atoms. The van der Waals surface area contributed by atoms with Gasteiger partial charge in [-0.25, -0.2) is 9.78 Å².